The number of hydrogen-bond donors (Lipinski definition) is 3. The minimum Gasteiger partial charge on any atom is -0.362 e. The summed E-state index contributed by atoms with van der Waals surface area (Å²) in [7, 11) is 2.08. The lowest BCUT2D eigenvalue weighted by molar-refractivity contribution is -0.384. The van der Waals surface area contributed by atoms with Crippen molar-refractivity contribution < 1.29 is 9.72 Å². The first-order valence-electron chi connectivity index (χ1n) is 9.96. The molecule has 1 saturated heterocycles. The molecule has 3 rings (SSSR count). The van der Waals surface area contributed by atoms with Crippen LogP contribution in [0.25, 0.3) is 0 Å². The number of piperidine rings is 1. The maximum absolute atomic E-state index is 12.5. The van der Waals surface area contributed by atoms with E-state index in [0.717, 1.165) is 25.9 Å². The van der Waals surface area contributed by atoms with Gasteiger partial charge in [0.15, 0.2) is 0 Å². The number of carbonyl (C=O) groups is 1. The Labute approximate surface area is 175 Å². The van der Waals surface area contributed by atoms with Gasteiger partial charge in [0.1, 0.15) is 6.20 Å². The lowest BCUT2D eigenvalue weighted by atomic mass is 10.0. The highest BCUT2D eigenvalue weighted by Crippen LogP contribution is 2.24. The number of nitro groups is 1. The van der Waals surface area contributed by atoms with Gasteiger partial charge in [0.2, 0.25) is 11.8 Å². The number of hydrogen-bond acceptors (Lipinski definition) is 8. The van der Waals surface area contributed by atoms with E-state index in [2.05, 4.69) is 37.9 Å². The zero-order chi connectivity index (χ0) is 21.7. The Balaban J connectivity index is 1.65. The molecule has 0 aliphatic carbocycles. The molecule has 1 fully saturated rings. The summed E-state index contributed by atoms with van der Waals surface area (Å²) in [6.45, 7) is 5.70. The quantitative estimate of drug-likeness (QED) is 0.467. The molecule has 1 aliphatic rings. The van der Waals surface area contributed by atoms with Gasteiger partial charge in [0.25, 0.3) is 5.91 Å². The number of nitrogens with zero attached hydrogens (tertiary/aromatic N) is 4. The van der Waals surface area contributed by atoms with Crippen molar-refractivity contribution in [1.82, 2.24) is 20.2 Å². The van der Waals surface area contributed by atoms with E-state index < -0.39 is 4.92 Å². The van der Waals surface area contributed by atoms with E-state index in [-0.39, 0.29) is 35.4 Å². The van der Waals surface area contributed by atoms with E-state index in [9.17, 15) is 14.9 Å². The summed E-state index contributed by atoms with van der Waals surface area (Å²) >= 11 is 0. The molecule has 1 aliphatic heterocycles. The molecule has 1 aromatic heterocycles. The highest BCUT2D eigenvalue weighted by Gasteiger charge is 2.20. The van der Waals surface area contributed by atoms with Crippen LogP contribution in [0, 0.1) is 10.1 Å². The fraction of sp³-hybridized carbons (Fsp3) is 0.450. The SMILES string of the molecule is CC(C)Nc1nc(Nc2ccc(C(=O)NC3CCN(C)CC3)cc2)ncc1[N+](=O)[O-]. The summed E-state index contributed by atoms with van der Waals surface area (Å²) < 4.78 is 0. The Kier molecular flexibility index (Phi) is 6.78. The predicted octanol–water partition coefficient (Wildman–Crippen LogP) is 2.77. The maximum Gasteiger partial charge on any atom is 0.329 e. The maximum atomic E-state index is 12.5. The van der Waals surface area contributed by atoms with Crippen molar-refractivity contribution in [2.75, 3.05) is 30.8 Å². The molecule has 160 valence electrons. The number of likely N-dealkylation sites (tertiary alicyclic amines) is 1. The molecule has 2 heterocycles. The second-order valence-electron chi connectivity index (χ2n) is 7.74. The van der Waals surface area contributed by atoms with Gasteiger partial charge in [-0.3, -0.25) is 14.9 Å². The minimum atomic E-state index is -0.522. The van der Waals surface area contributed by atoms with E-state index in [1.165, 1.54) is 6.20 Å². The van der Waals surface area contributed by atoms with E-state index >= 15 is 0 Å². The lowest BCUT2D eigenvalue weighted by Gasteiger charge is -2.29. The third-order valence-corrected chi connectivity index (χ3v) is 4.85. The van der Waals surface area contributed by atoms with E-state index in [1.807, 2.05) is 13.8 Å². The Morgan fingerprint density at radius 2 is 1.90 bits per heavy atom. The molecule has 0 atom stereocenters. The van der Waals surface area contributed by atoms with Crippen molar-refractivity contribution in [1.29, 1.82) is 0 Å². The minimum absolute atomic E-state index is 0.0196. The summed E-state index contributed by atoms with van der Waals surface area (Å²) in [5.41, 5.74) is 1.07. The fourth-order valence-corrected chi connectivity index (χ4v) is 3.20. The van der Waals surface area contributed by atoms with Crippen molar-refractivity contribution in [3.05, 3.63) is 46.1 Å². The van der Waals surface area contributed by atoms with E-state index in [4.69, 9.17) is 0 Å². The van der Waals surface area contributed by atoms with Crippen LogP contribution in [0.2, 0.25) is 0 Å². The zero-order valence-corrected chi connectivity index (χ0v) is 17.4. The van der Waals surface area contributed by atoms with Gasteiger partial charge in [0, 0.05) is 23.3 Å². The van der Waals surface area contributed by atoms with Crippen molar-refractivity contribution in [2.24, 2.45) is 0 Å². The van der Waals surface area contributed by atoms with Gasteiger partial charge in [-0.05, 0) is 71.1 Å². The number of benzene rings is 1. The van der Waals surface area contributed by atoms with Crippen LogP contribution in [0.5, 0.6) is 0 Å². The summed E-state index contributed by atoms with van der Waals surface area (Å²) in [5, 5.41) is 20.2. The lowest BCUT2D eigenvalue weighted by Crippen LogP contribution is -2.43. The van der Waals surface area contributed by atoms with Crippen LogP contribution in [0.15, 0.2) is 30.5 Å². The molecule has 0 spiro atoms. The van der Waals surface area contributed by atoms with E-state index in [0.29, 0.717) is 11.3 Å². The normalized spacial score (nSPS) is 15.1. The highest BCUT2D eigenvalue weighted by molar-refractivity contribution is 5.94. The third-order valence-electron chi connectivity index (χ3n) is 4.85. The van der Waals surface area contributed by atoms with Gasteiger partial charge in [-0.15, -0.1) is 0 Å². The van der Waals surface area contributed by atoms with Crippen LogP contribution in [-0.2, 0) is 0 Å². The first-order chi connectivity index (χ1) is 14.3. The molecule has 0 saturated carbocycles. The van der Waals surface area contributed by atoms with Crippen LogP contribution in [0.3, 0.4) is 0 Å². The summed E-state index contributed by atoms with van der Waals surface area (Å²) in [6, 6.07) is 7.14. The van der Waals surface area contributed by atoms with Crippen molar-refractivity contribution >= 4 is 29.0 Å². The molecule has 2 aromatic rings. The zero-order valence-electron chi connectivity index (χ0n) is 17.4. The van der Waals surface area contributed by atoms with Gasteiger partial charge >= 0.3 is 5.69 Å². The molecule has 0 bridgehead atoms. The molecule has 30 heavy (non-hydrogen) atoms. The number of anilines is 3. The average Bonchev–Trinajstić information content (AvgIpc) is 2.70. The number of rotatable bonds is 7. The molecule has 0 radical (unpaired) electrons. The van der Waals surface area contributed by atoms with Crippen LogP contribution in [-0.4, -0.2) is 57.9 Å². The Morgan fingerprint density at radius 1 is 1.23 bits per heavy atom. The van der Waals surface area contributed by atoms with Crippen molar-refractivity contribution in [2.45, 2.75) is 38.8 Å². The Bertz CT molecular complexity index is 894. The second kappa shape index (κ2) is 9.49. The summed E-state index contributed by atoms with van der Waals surface area (Å²) in [4.78, 5) is 33.6. The number of aromatic nitrogens is 2. The molecular formula is C20H27N7O3. The smallest absolute Gasteiger partial charge is 0.329 e. The van der Waals surface area contributed by atoms with Crippen LogP contribution in [0.4, 0.5) is 23.1 Å². The highest BCUT2D eigenvalue weighted by atomic mass is 16.6. The fourth-order valence-electron chi connectivity index (χ4n) is 3.20. The average molecular weight is 413 g/mol. The van der Waals surface area contributed by atoms with Gasteiger partial charge in [-0.1, -0.05) is 0 Å². The van der Waals surface area contributed by atoms with Crippen molar-refractivity contribution in [3.63, 3.8) is 0 Å². The topological polar surface area (TPSA) is 125 Å². The number of carbonyl (C=O) groups excluding carboxylic acids is 1. The van der Waals surface area contributed by atoms with E-state index in [1.54, 1.807) is 24.3 Å². The van der Waals surface area contributed by atoms with Crippen LogP contribution in [0.1, 0.15) is 37.0 Å². The van der Waals surface area contributed by atoms with Crippen LogP contribution < -0.4 is 16.0 Å². The first-order valence-corrected chi connectivity index (χ1v) is 9.96. The number of amides is 1. The monoisotopic (exact) mass is 413 g/mol. The standard InChI is InChI=1S/C20H27N7O3/c1-13(2)22-18-17(27(29)30)12-21-20(25-18)24-15-6-4-14(5-7-15)19(28)23-16-8-10-26(3)11-9-16/h4-7,12-13,16H,8-11H2,1-3H3,(H,23,28)(H2,21,22,24,25). The Morgan fingerprint density at radius 3 is 2.50 bits per heavy atom. The molecule has 10 nitrogen and oxygen atoms in total. The van der Waals surface area contributed by atoms with Gasteiger partial charge in [0.05, 0.1) is 4.92 Å². The molecule has 1 amide bonds. The summed E-state index contributed by atoms with van der Waals surface area (Å²) in [6.07, 6.45) is 3.07. The Hall–Kier alpha value is -3.27. The molecule has 0 unspecified atom stereocenters. The largest absolute Gasteiger partial charge is 0.362 e. The van der Waals surface area contributed by atoms with Gasteiger partial charge in [-0.2, -0.15) is 4.98 Å². The van der Waals surface area contributed by atoms with Crippen molar-refractivity contribution in [3.8, 4) is 0 Å². The predicted molar refractivity (Wildman–Crippen MR) is 115 cm³/mol. The molecule has 10 heteroatoms. The van der Waals surface area contributed by atoms with Gasteiger partial charge in [-0.25, -0.2) is 4.98 Å². The first kappa shape index (κ1) is 21.4. The summed E-state index contributed by atoms with van der Waals surface area (Å²) in [5.74, 6) is 0.292. The van der Waals surface area contributed by atoms with Crippen LogP contribution >= 0.6 is 0 Å². The third kappa shape index (κ3) is 5.63. The second-order valence-corrected chi connectivity index (χ2v) is 7.74. The molecule has 1 aromatic carbocycles. The van der Waals surface area contributed by atoms with Gasteiger partial charge < -0.3 is 20.9 Å². The molecular weight excluding hydrogens is 386 g/mol. The number of nitrogens with one attached hydrogen (secondary N) is 3. The molecule has 3 N–H and O–H groups in total.